The Balaban J connectivity index is 2.21. The number of aromatic nitrogens is 1. The molecule has 0 fully saturated rings. The second-order valence-electron chi connectivity index (χ2n) is 5.96. The number of nitrogens with zero attached hydrogens (tertiary/aromatic N) is 1. The highest BCUT2D eigenvalue weighted by atomic mass is 32.1. The van der Waals surface area contributed by atoms with Crippen LogP contribution in [0, 0.1) is 0 Å². The van der Waals surface area contributed by atoms with E-state index in [1.807, 2.05) is 23.5 Å². The van der Waals surface area contributed by atoms with E-state index in [1.165, 1.54) is 25.9 Å². The number of thiophene rings is 1. The van der Waals surface area contributed by atoms with Crippen LogP contribution in [0.2, 0.25) is 0 Å². The Morgan fingerprint density at radius 2 is 1.88 bits per heavy atom. The van der Waals surface area contributed by atoms with Crippen LogP contribution in [-0.4, -0.2) is 4.57 Å². The highest BCUT2D eigenvalue weighted by Gasteiger charge is 2.13. The molecule has 122 valence electrons. The molecular formula is C23H19NS. The second-order valence-corrected chi connectivity index (χ2v) is 7.04. The maximum absolute atomic E-state index is 4.38. The average Bonchev–Trinajstić information content (AvgIpc) is 3.15. The van der Waals surface area contributed by atoms with Gasteiger partial charge in [-0.3, -0.25) is 0 Å². The Morgan fingerprint density at radius 3 is 2.60 bits per heavy atom. The van der Waals surface area contributed by atoms with Crippen molar-refractivity contribution in [2.24, 2.45) is 0 Å². The van der Waals surface area contributed by atoms with Crippen LogP contribution in [0.5, 0.6) is 0 Å². The summed E-state index contributed by atoms with van der Waals surface area (Å²) in [6.07, 6.45) is 8.16. The van der Waals surface area contributed by atoms with Crippen molar-refractivity contribution >= 4 is 51.1 Å². The van der Waals surface area contributed by atoms with Gasteiger partial charge in [-0.1, -0.05) is 55.7 Å². The summed E-state index contributed by atoms with van der Waals surface area (Å²) in [5, 5.41) is 4.67. The molecule has 0 bridgehead atoms. The molecule has 0 saturated heterocycles. The predicted octanol–water partition coefficient (Wildman–Crippen LogP) is 5.26. The van der Waals surface area contributed by atoms with Gasteiger partial charge in [-0.25, -0.2) is 0 Å². The third-order valence-electron chi connectivity index (χ3n) is 4.40. The molecule has 4 aromatic rings. The monoisotopic (exact) mass is 341 g/mol. The van der Waals surface area contributed by atoms with Gasteiger partial charge in [0.1, 0.15) is 0 Å². The summed E-state index contributed by atoms with van der Waals surface area (Å²) in [6.45, 7) is 10.3. The molecule has 0 atom stereocenters. The molecule has 0 saturated carbocycles. The fourth-order valence-corrected chi connectivity index (χ4v) is 4.57. The first-order valence-electron chi connectivity index (χ1n) is 8.31. The molecule has 0 N–H and O–H groups in total. The topological polar surface area (TPSA) is 4.93 Å². The minimum Gasteiger partial charge on any atom is -0.310 e. The first-order chi connectivity index (χ1) is 12.2. The molecule has 0 aliphatic heterocycles. The van der Waals surface area contributed by atoms with Crippen LogP contribution in [0.1, 0.15) is 11.8 Å². The number of benzene rings is 2. The summed E-state index contributed by atoms with van der Waals surface area (Å²) in [6, 6.07) is 17.1. The van der Waals surface area contributed by atoms with Gasteiger partial charge >= 0.3 is 0 Å². The Morgan fingerprint density at radius 1 is 1.08 bits per heavy atom. The van der Waals surface area contributed by atoms with Crippen molar-refractivity contribution in [2.75, 3.05) is 0 Å². The fraction of sp³-hybridized carbons (Fsp3) is 0.0435. The average molecular weight is 341 g/mol. The van der Waals surface area contributed by atoms with Gasteiger partial charge in [0.05, 0.1) is 5.52 Å². The molecule has 2 aromatic carbocycles. The van der Waals surface area contributed by atoms with E-state index in [0.717, 1.165) is 16.3 Å². The number of hydrogen-bond acceptors (Lipinski definition) is 1. The van der Waals surface area contributed by atoms with E-state index in [-0.39, 0.29) is 0 Å². The summed E-state index contributed by atoms with van der Waals surface area (Å²) < 4.78 is 3.54. The van der Waals surface area contributed by atoms with Gasteiger partial charge in [0.25, 0.3) is 0 Å². The van der Waals surface area contributed by atoms with Crippen LogP contribution in [-0.2, 0) is 0 Å². The van der Waals surface area contributed by atoms with Crippen LogP contribution in [0.4, 0.5) is 0 Å². The molecule has 0 amide bonds. The lowest BCUT2D eigenvalue weighted by atomic mass is 10.1. The first-order valence-corrected chi connectivity index (χ1v) is 9.13. The molecular weight excluding hydrogens is 322 g/mol. The third-order valence-corrected chi connectivity index (χ3v) is 5.54. The van der Waals surface area contributed by atoms with E-state index in [9.17, 15) is 0 Å². The van der Waals surface area contributed by atoms with Crippen molar-refractivity contribution in [3.8, 4) is 5.69 Å². The van der Waals surface area contributed by atoms with Crippen LogP contribution < -0.4 is 10.6 Å². The Kier molecular flexibility index (Phi) is 3.90. The summed E-state index contributed by atoms with van der Waals surface area (Å²) in [5.41, 5.74) is 2.32. The SMILES string of the molecule is C=C/C=c1\c(=C)n(-c2ccccc2)c2ccc3cc(/C=C\C)sc3c12. The number of allylic oxidation sites excluding steroid dienone is 2. The maximum Gasteiger partial charge on any atom is 0.0555 e. The van der Waals surface area contributed by atoms with E-state index in [4.69, 9.17) is 0 Å². The van der Waals surface area contributed by atoms with E-state index in [0.29, 0.717) is 0 Å². The molecule has 1 nitrogen and oxygen atoms in total. The molecule has 0 unspecified atom stereocenters. The Bertz CT molecular complexity index is 1220. The van der Waals surface area contributed by atoms with Crippen LogP contribution in [0.25, 0.3) is 45.4 Å². The Hall–Kier alpha value is -2.84. The molecule has 2 heteroatoms. The fourth-order valence-electron chi connectivity index (χ4n) is 3.39. The van der Waals surface area contributed by atoms with Crippen molar-refractivity contribution in [3.05, 3.63) is 82.7 Å². The van der Waals surface area contributed by atoms with Gasteiger partial charge in [-0.05, 0) is 42.7 Å². The van der Waals surface area contributed by atoms with Crippen LogP contribution in [0.3, 0.4) is 0 Å². The number of hydrogen-bond donors (Lipinski definition) is 0. The summed E-state index contributed by atoms with van der Waals surface area (Å²) >= 11 is 1.83. The smallest absolute Gasteiger partial charge is 0.0555 e. The van der Waals surface area contributed by atoms with Gasteiger partial charge in [0.2, 0.25) is 0 Å². The molecule has 25 heavy (non-hydrogen) atoms. The number of rotatable bonds is 3. The highest BCUT2D eigenvalue weighted by molar-refractivity contribution is 7.20. The molecule has 0 aliphatic carbocycles. The summed E-state index contributed by atoms with van der Waals surface area (Å²) in [4.78, 5) is 1.27. The zero-order valence-electron chi connectivity index (χ0n) is 14.2. The standard InChI is InChI=1S/C23H19NS/c1-4-9-19-15-17-13-14-21-22(23(17)25-19)20(10-5-2)16(3)24(21)18-11-7-6-8-12-18/h4-15H,2-3H2,1H3/b9-4-,20-10+. The molecule has 2 aromatic heterocycles. The third kappa shape index (κ3) is 2.46. The molecule has 2 heterocycles. The van der Waals surface area contributed by atoms with Gasteiger partial charge in [0.15, 0.2) is 0 Å². The maximum atomic E-state index is 4.38. The minimum atomic E-state index is 0.995. The number of fused-ring (bicyclic) bond motifs is 3. The summed E-state index contributed by atoms with van der Waals surface area (Å²) in [5.74, 6) is 0. The second kappa shape index (κ2) is 6.23. The van der Waals surface area contributed by atoms with Crippen molar-refractivity contribution in [2.45, 2.75) is 6.92 Å². The van der Waals surface area contributed by atoms with E-state index < -0.39 is 0 Å². The summed E-state index contributed by atoms with van der Waals surface area (Å²) in [7, 11) is 0. The normalized spacial score (nSPS) is 12.6. The molecule has 4 rings (SSSR count). The van der Waals surface area contributed by atoms with Gasteiger partial charge in [-0.15, -0.1) is 11.3 Å². The predicted molar refractivity (Wildman–Crippen MR) is 113 cm³/mol. The highest BCUT2D eigenvalue weighted by Crippen LogP contribution is 2.32. The van der Waals surface area contributed by atoms with E-state index in [2.05, 4.69) is 85.3 Å². The zero-order chi connectivity index (χ0) is 17.4. The lowest BCUT2D eigenvalue weighted by Crippen LogP contribution is -2.26. The van der Waals surface area contributed by atoms with Gasteiger partial charge in [0, 0.05) is 31.2 Å². The molecule has 0 radical (unpaired) electrons. The first kappa shape index (κ1) is 15.7. The minimum absolute atomic E-state index is 0.995. The van der Waals surface area contributed by atoms with E-state index >= 15 is 0 Å². The lowest BCUT2D eigenvalue weighted by molar-refractivity contribution is 1.07. The van der Waals surface area contributed by atoms with Crippen molar-refractivity contribution in [1.29, 1.82) is 0 Å². The number of para-hydroxylation sites is 1. The lowest BCUT2D eigenvalue weighted by Gasteiger charge is -2.05. The van der Waals surface area contributed by atoms with Crippen LogP contribution >= 0.6 is 11.3 Å². The van der Waals surface area contributed by atoms with Gasteiger partial charge in [-0.2, -0.15) is 0 Å². The van der Waals surface area contributed by atoms with Gasteiger partial charge < -0.3 is 4.57 Å². The largest absolute Gasteiger partial charge is 0.310 e. The zero-order valence-corrected chi connectivity index (χ0v) is 15.0. The van der Waals surface area contributed by atoms with E-state index in [1.54, 1.807) is 0 Å². The van der Waals surface area contributed by atoms with Crippen molar-refractivity contribution < 1.29 is 0 Å². The van der Waals surface area contributed by atoms with Crippen LogP contribution in [0.15, 0.2) is 67.3 Å². The molecule has 0 aliphatic rings. The van der Waals surface area contributed by atoms with Crippen molar-refractivity contribution in [3.63, 3.8) is 0 Å². The molecule has 0 spiro atoms. The van der Waals surface area contributed by atoms with Crippen molar-refractivity contribution in [1.82, 2.24) is 4.57 Å². The Labute approximate surface area is 151 Å². The quantitative estimate of drug-likeness (QED) is 0.479.